The summed E-state index contributed by atoms with van der Waals surface area (Å²) in [5.74, 6) is 4.72. The molecule has 19 heavy (non-hydrogen) atoms. The molecule has 0 saturated carbocycles. The summed E-state index contributed by atoms with van der Waals surface area (Å²) in [5.41, 5.74) is 4.83. The van der Waals surface area contributed by atoms with Gasteiger partial charge in [-0.15, -0.1) is 0 Å². The number of aromatic amines is 1. The number of H-pyrrole nitrogens is 1. The van der Waals surface area contributed by atoms with E-state index >= 15 is 0 Å². The van der Waals surface area contributed by atoms with Crippen molar-refractivity contribution >= 4 is 16.9 Å². The summed E-state index contributed by atoms with van der Waals surface area (Å²) in [6, 6.07) is 6.06. The minimum Gasteiger partial charge on any atom is -0.481 e. The molecule has 3 heteroatoms. The molecule has 3 nitrogen and oxygen atoms in total. The molecule has 1 aromatic carbocycles. The maximum absolute atomic E-state index is 10.4. The van der Waals surface area contributed by atoms with Crippen LogP contribution in [0.15, 0.2) is 18.2 Å². The molecule has 0 saturated heterocycles. The third-order valence-electron chi connectivity index (χ3n) is 3.57. The van der Waals surface area contributed by atoms with Crippen LogP contribution in [0.2, 0.25) is 0 Å². The highest BCUT2D eigenvalue weighted by Crippen LogP contribution is 2.29. The van der Waals surface area contributed by atoms with Crippen molar-refractivity contribution in [3.63, 3.8) is 0 Å². The van der Waals surface area contributed by atoms with Gasteiger partial charge in [0.25, 0.3) is 0 Å². The lowest BCUT2D eigenvalue weighted by Crippen LogP contribution is -1.99. The van der Waals surface area contributed by atoms with E-state index in [0.29, 0.717) is 0 Å². The van der Waals surface area contributed by atoms with E-state index in [1.165, 1.54) is 29.5 Å². The van der Waals surface area contributed by atoms with Crippen LogP contribution in [-0.4, -0.2) is 16.1 Å². The van der Waals surface area contributed by atoms with E-state index in [-0.39, 0.29) is 6.42 Å². The van der Waals surface area contributed by atoms with Gasteiger partial charge in [0.15, 0.2) is 0 Å². The maximum Gasteiger partial charge on any atom is 0.315 e. The van der Waals surface area contributed by atoms with Gasteiger partial charge in [-0.3, -0.25) is 4.79 Å². The zero-order chi connectivity index (χ0) is 13.2. The van der Waals surface area contributed by atoms with Gasteiger partial charge >= 0.3 is 5.97 Å². The number of benzene rings is 1. The summed E-state index contributed by atoms with van der Waals surface area (Å²) in [5, 5.41) is 9.83. The molecule has 1 aliphatic carbocycles. The van der Waals surface area contributed by atoms with E-state index in [9.17, 15) is 4.79 Å². The Kier molecular flexibility index (Phi) is 3.00. The van der Waals surface area contributed by atoms with Gasteiger partial charge in [0.05, 0.1) is 0 Å². The molecule has 2 N–H and O–H groups in total. The number of fused-ring (bicyclic) bond motifs is 3. The Morgan fingerprint density at radius 1 is 1.32 bits per heavy atom. The standard InChI is InChI=1S/C16H15NO2/c18-16(19)7-3-4-11-8-9-15-13(10-11)12-5-1-2-6-14(12)17-15/h8-10,17H,1-2,5-7H2,(H,18,19). The average molecular weight is 253 g/mol. The lowest BCUT2D eigenvalue weighted by molar-refractivity contribution is -0.135. The lowest BCUT2D eigenvalue weighted by Gasteiger charge is -2.10. The van der Waals surface area contributed by atoms with Gasteiger partial charge in [0.1, 0.15) is 6.42 Å². The second-order valence-corrected chi connectivity index (χ2v) is 4.92. The summed E-state index contributed by atoms with van der Waals surface area (Å²) < 4.78 is 0. The van der Waals surface area contributed by atoms with Crippen molar-refractivity contribution in [1.29, 1.82) is 0 Å². The lowest BCUT2D eigenvalue weighted by atomic mass is 9.95. The Morgan fingerprint density at radius 2 is 2.16 bits per heavy atom. The Bertz CT molecular complexity index is 701. The van der Waals surface area contributed by atoms with Crippen molar-refractivity contribution < 1.29 is 9.90 Å². The van der Waals surface area contributed by atoms with Crippen molar-refractivity contribution in [3.05, 3.63) is 35.0 Å². The van der Waals surface area contributed by atoms with Gasteiger partial charge in [-0.2, -0.15) is 0 Å². The molecule has 0 aliphatic heterocycles. The zero-order valence-corrected chi connectivity index (χ0v) is 10.6. The van der Waals surface area contributed by atoms with E-state index in [2.05, 4.69) is 22.9 Å². The maximum atomic E-state index is 10.4. The van der Waals surface area contributed by atoms with Crippen molar-refractivity contribution in [1.82, 2.24) is 4.98 Å². The van der Waals surface area contributed by atoms with Gasteiger partial charge in [-0.1, -0.05) is 11.8 Å². The number of hydrogen-bond acceptors (Lipinski definition) is 1. The second-order valence-electron chi connectivity index (χ2n) is 4.92. The molecule has 0 spiro atoms. The molecule has 0 atom stereocenters. The fourth-order valence-corrected chi connectivity index (χ4v) is 2.71. The van der Waals surface area contributed by atoms with Crippen molar-refractivity contribution in [2.75, 3.05) is 0 Å². The Labute approximate surface area is 111 Å². The van der Waals surface area contributed by atoms with Gasteiger partial charge in [0.2, 0.25) is 0 Å². The van der Waals surface area contributed by atoms with E-state index in [4.69, 9.17) is 5.11 Å². The number of rotatable bonds is 1. The van der Waals surface area contributed by atoms with Gasteiger partial charge < -0.3 is 10.1 Å². The largest absolute Gasteiger partial charge is 0.481 e. The Morgan fingerprint density at radius 3 is 3.00 bits per heavy atom. The molecular weight excluding hydrogens is 238 g/mol. The quantitative estimate of drug-likeness (QED) is 0.768. The summed E-state index contributed by atoms with van der Waals surface area (Å²) in [6.45, 7) is 0. The van der Waals surface area contributed by atoms with Crippen LogP contribution in [-0.2, 0) is 17.6 Å². The molecular formula is C16H15NO2. The summed E-state index contributed by atoms with van der Waals surface area (Å²) in [4.78, 5) is 13.9. The molecule has 1 heterocycles. The fourth-order valence-electron chi connectivity index (χ4n) is 2.71. The van der Waals surface area contributed by atoms with Crippen LogP contribution < -0.4 is 0 Å². The predicted octanol–water partition coefficient (Wildman–Crippen LogP) is 2.87. The van der Waals surface area contributed by atoms with Crippen molar-refractivity contribution in [2.45, 2.75) is 32.1 Å². The van der Waals surface area contributed by atoms with E-state index in [0.717, 1.165) is 23.9 Å². The Hall–Kier alpha value is -2.21. The minimum atomic E-state index is -0.882. The first-order chi connectivity index (χ1) is 9.24. The Balaban J connectivity index is 1.99. The van der Waals surface area contributed by atoms with Crippen LogP contribution >= 0.6 is 0 Å². The molecule has 96 valence electrons. The number of nitrogens with one attached hydrogen (secondary N) is 1. The highest BCUT2D eigenvalue weighted by atomic mass is 16.4. The first-order valence-electron chi connectivity index (χ1n) is 6.58. The van der Waals surface area contributed by atoms with Gasteiger partial charge in [-0.05, 0) is 49.4 Å². The minimum absolute atomic E-state index is 0.108. The number of carbonyl (C=O) groups is 1. The molecule has 2 aromatic rings. The average Bonchev–Trinajstić information content (AvgIpc) is 2.76. The molecule has 1 aromatic heterocycles. The number of aromatic nitrogens is 1. The SMILES string of the molecule is O=C(O)CC#Cc1ccc2[nH]c3c(c2c1)CCCC3. The monoisotopic (exact) mass is 253 g/mol. The number of aryl methyl sites for hydroxylation is 2. The molecule has 0 radical (unpaired) electrons. The predicted molar refractivity (Wildman–Crippen MR) is 74.1 cm³/mol. The normalized spacial score (nSPS) is 13.7. The summed E-state index contributed by atoms with van der Waals surface area (Å²) in [7, 11) is 0. The third kappa shape index (κ3) is 2.34. The van der Waals surface area contributed by atoms with E-state index < -0.39 is 5.97 Å². The number of hydrogen-bond donors (Lipinski definition) is 2. The summed E-state index contributed by atoms with van der Waals surface area (Å²) in [6.07, 6.45) is 4.65. The van der Waals surface area contributed by atoms with Gasteiger partial charge in [0, 0.05) is 22.2 Å². The summed E-state index contributed by atoms with van der Waals surface area (Å²) >= 11 is 0. The molecule has 1 aliphatic rings. The zero-order valence-electron chi connectivity index (χ0n) is 10.6. The van der Waals surface area contributed by atoms with Crippen molar-refractivity contribution in [2.24, 2.45) is 0 Å². The molecule has 3 rings (SSSR count). The molecule has 0 fully saturated rings. The number of aliphatic carboxylic acids is 1. The smallest absolute Gasteiger partial charge is 0.315 e. The van der Waals surface area contributed by atoms with Crippen LogP contribution in [0, 0.1) is 11.8 Å². The first kappa shape index (κ1) is 11.9. The third-order valence-corrected chi connectivity index (χ3v) is 3.57. The number of carboxylic acid groups (broad SMARTS) is 1. The van der Waals surface area contributed by atoms with Crippen LogP contribution in [0.5, 0.6) is 0 Å². The molecule has 0 bridgehead atoms. The first-order valence-corrected chi connectivity index (χ1v) is 6.58. The van der Waals surface area contributed by atoms with Crippen LogP contribution in [0.3, 0.4) is 0 Å². The fraction of sp³-hybridized carbons (Fsp3) is 0.312. The molecule has 0 amide bonds. The number of carboxylic acids is 1. The van der Waals surface area contributed by atoms with Crippen molar-refractivity contribution in [3.8, 4) is 11.8 Å². The van der Waals surface area contributed by atoms with Crippen LogP contribution in [0.1, 0.15) is 36.1 Å². The molecule has 0 unspecified atom stereocenters. The second kappa shape index (κ2) is 4.81. The topological polar surface area (TPSA) is 53.1 Å². The highest BCUT2D eigenvalue weighted by Gasteiger charge is 2.14. The van der Waals surface area contributed by atoms with Gasteiger partial charge in [-0.25, -0.2) is 0 Å². The van der Waals surface area contributed by atoms with Crippen LogP contribution in [0.25, 0.3) is 10.9 Å². The van der Waals surface area contributed by atoms with E-state index in [1.54, 1.807) is 0 Å². The van der Waals surface area contributed by atoms with E-state index in [1.807, 2.05) is 12.1 Å². The highest BCUT2D eigenvalue weighted by molar-refractivity contribution is 5.86. The van der Waals surface area contributed by atoms with Crippen LogP contribution in [0.4, 0.5) is 0 Å².